The molecule has 1 aromatic heterocycles. The van der Waals surface area contributed by atoms with Crippen molar-refractivity contribution in [3.05, 3.63) is 18.5 Å². The number of amides is 1. The van der Waals surface area contributed by atoms with Crippen molar-refractivity contribution in [2.45, 2.75) is 19.3 Å². The van der Waals surface area contributed by atoms with Crippen molar-refractivity contribution in [1.29, 1.82) is 0 Å². The second kappa shape index (κ2) is 5.50. The number of carbonyl (C=O) groups is 1. The van der Waals surface area contributed by atoms with Crippen molar-refractivity contribution in [2.24, 2.45) is 11.3 Å². The van der Waals surface area contributed by atoms with E-state index in [0.29, 0.717) is 19.1 Å². The van der Waals surface area contributed by atoms with E-state index in [9.17, 15) is 4.79 Å². The van der Waals surface area contributed by atoms with E-state index in [0.717, 1.165) is 45.0 Å². The summed E-state index contributed by atoms with van der Waals surface area (Å²) in [6.07, 6.45) is 7.07. The van der Waals surface area contributed by atoms with Crippen LogP contribution < -0.4 is 4.90 Å². The maximum absolute atomic E-state index is 13.0. The molecule has 1 aliphatic carbocycles. The molecule has 1 unspecified atom stereocenters. The zero-order chi connectivity index (χ0) is 15.0. The minimum atomic E-state index is 0.0863. The van der Waals surface area contributed by atoms with Crippen molar-refractivity contribution < 1.29 is 9.53 Å². The van der Waals surface area contributed by atoms with E-state index in [2.05, 4.69) is 14.9 Å². The number of nitrogens with zero attached hydrogens (tertiary/aromatic N) is 4. The predicted molar refractivity (Wildman–Crippen MR) is 81.4 cm³/mol. The molecule has 2 saturated heterocycles. The first kappa shape index (κ1) is 13.9. The Morgan fingerprint density at radius 1 is 1.23 bits per heavy atom. The summed E-state index contributed by atoms with van der Waals surface area (Å²) < 4.78 is 5.37. The van der Waals surface area contributed by atoms with Crippen LogP contribution in [0.15, 0.2) is 18.5 Å². The number of hydrogen-bond donors (Lipinski definition) is 0. The van der Waals surface area contributed by atoms with Crippen molar-refractivity contribution in [2.75, 3.05) is 44.3 Å². The van der Waals surface area contributed by atoms with E-state index in [4.69, 9.17) is 4.74 Å². The molecule has 6 heteroatoms. The van der Waals surface area contributed by atoms with E-state index in [1.165, 1.54) is 6.42 Å². The van der Waals surface area contributed by atoms with Gasteiger partial charge in [-0.3, -0.25) is 4.79 Å². The minimum absolute atomic E-state index is 0.0863. The summed E-state index contributed by atoms with van der Waals surface area (Å²) >= 11 is 0. The molecule has 6 nitrogen and oxygen atoms in total. The molecule has 3 fully saturated rings. The van der Waals surface area contributed by atoms with Gasteiger partial charge in [0.25, 0.3) is 0 Å². The van der Waals surface area contributed by atoms with Gasteiger partial charge < -0.3 is 14.5 Å². The van der Waals surface area contributed by atoms with Crippen LogP contribution in [0.25, 0.3) is 0 Å². The molecule has 0 radical (unpaired) electrons. The predicted octanol–water partition coefficient (Wildman–Crippen LogP) is 0.942. The van der Waals surface area contributed by atoms with E-state index in [-0.39, 0.29) is 11.3 Å². The average molecular weight is 302 g/mol. The van der Waals surface area contributed by atoms with Crippen molar-refractivity contribution in [3.63, 3.8) is 0 Å². The maximum atomic E-state index is 13.0. The van der Waals surface area contributed by atoms with Crippen molar-refractivity contribution in [1.82, 2.24) is 14.9 Å². The molecule has 3 aliphatic rings. The molecule has 0 aromatic carbocycles. The van der Waals surface area contributed by atoms with Gasteiger partial charge in [-0.15, -0.1) is 0 Å². The van der Waals surface area contributed by atoms with E-state index >= 15 is 0 Å². The second-order valence-electron chi connectivity index (χ2n) is 6.64. The molecule has 0 N–H and O–H groups in total. The number of anilines is 1. The van der Waals surface area contributed by atoms with Crippen LogP contribution in [0.3, 0.4) is 0 Å². The molecule has 118 valence electrons. The fourth-order valence-electron chi connectivity index (χ4n) is 4.06. The number of aromatic nitrogens is 2. The highest BCUT2D eigenvalue weighted by Gasteiger charge is 2.54. The lowest BCUT2D eigenvalue weighted by molar-refractivity contribution is -0.144. The molecular formula is C16H22N4O2. The lowest BCUT2D eigenvalue weighted by atomic mass is 9.62. The Balaban J connectivity index is 1.54. The molecule has 1 aromatic rings. The summed E-state index contributed by atoms with van der Waals surface area (Å²) in [6, 6.07) is 1.83. The molecular weight excluding hydrogens is 280 g/mol. The highest BCUT2D eigenvalue weighted by Crippen LogP contribution is 2.52. The van der Waals surface area contributed by atoms with Gasteiger partial charge in [-0.05, 0) is 18.9 Å². The monoisotopic (exact) mass is 302 g/mol. The first-order valence-corrected chi connectivity index (χ1v) is 8.17. The van der Waals surface area contributed by atoms with Gasteiger partial charge in [0.2, 0.25) is 11.9 Å². The van der Waals surface area contributed by atoms with Gasteiger partial charge in [-0.25, -0.2) is 9.97 Å². The van der Waals surface area contributed by atoms with Gasteiger partial charge in [0.05, 0.1) is 19.1 Å². The van der Waals surface area contributed by atoms with Crippen LogP contribution >= 0.6 is 0 Å². The number of carbonyl (C=O) groups excluding carboxylic acids is 1. The average Bonchev–Trinajstić information content (AvgIpc) is 2.97. The minimum Gasteiger partial charge on any atom is -0.378 e. The van der Waals surface area contributed by atoms with Gasteiger partial charge in [0, 0.05) is 44.0 Å². The number of hydrogen-bond acceptors (Lipinski definition) is 5. The summed E-state index contributed by atoms with van der Waals surface area (Å²) in [5, 5.41) is 0. The SMILES string of the molecule is O=C(C1CN(c2ncccn2)CC12CCC2)N1CCOCC1. The lowest BCUT2D eigenvalue weighted by Gasteiger charge is -2.43. The summed E-state index contributed by atoms with van der Waals surface area (Å²) in [4.78, 5) is 25.9. The normalized spacial score (nSPS) is 27.0. The van der Waals surface area contributed by atoms with Gasteiger partial charge >= 0.3 is 0 Å². The molecule has 22 heavy (non-hydrogen) atoms. The largest absolute Gasteiger partial charge is 0.378 e. The number of rotatable bonds is 2. The Morgan fingerprint density at radius 2 is 1.95 bits per heavy atom. The van der Waals surface area contributed by atoms with Gasteiger partial charge in [0.1, 0.15) is 0 Å². The number of ether oxygens (including phenoxy) is 1. The van der Waals surface area contributed by atoms with Crippen molar-refractivity contribution >= 4 is 11.9 Å². The topological polar surface area (TPSA) is 58.6 Å². The molecule has 1 spiro atoms. The Morgan fingerprint density at radius 3 is 2.59 bits per heavy atom. The highest BCUT2D eigenvalue weighted by atomic mass is 16.5. The van der Waals surface area contributed by atoms with E-state index < -0.39 is 0 Å². The smallest absolute Gasteiger partial charge is 0.228 e. The fraction of sp³-hybridized carbons (Fsp3) is 0.688. The zero-order valence-electron chi connectivity index (χ0n) is 12.8. The molecule has 1 saturated carbocycles. The van der Waals surface area contributed by atoms with Crippen LogP contribution in [0, 0.1) is 11.3 Å². The summed E-state index contributed by atoms with van der Waals surface area (Å²) in [7, 11) is 0. The Bertz CT molecular complexity index is 540. The molecule has 4 rings (SSSR count). The summed E-state index contributed by atoms with van der Waals surface area (Å²) in [5.74, 6) is 1.15. The van der Waals surface area contributed by atoms with Gasteiger partial charge in [-0.2, -0.15) is 0 Å². The maximum Gasteiger partial charge on any atom is 0.228 e. The number of morpholine rings is 1. The van der Waals surface area contributed by atoms with Crippen LogP contribution in [0.1, 0.15) is 19.3 Å². The van der Waals surface area contributed by atoms with Gasteiger partial charge in [0.15, 0.2) is 0 Å². The van der Waals surface area contributed by atoms with Crippen LogP contribution in [0.5, 0.6) is 0 Å². The van der Waals surface area contributed by atoms with Crippen LogP contribution in [-0.4, -0.2) is 60.2 Å². The molecule has 2 aliphatic heterocycles. The second-order valence-corrected chi connectivity index (χ2v) is 6.64. The fourth-order valence-corrected chi connectivity index (χ4v) is 4.06. The quantitative estimate of drug-likeness (QED) is 0.814. The highest BCUT2D eigenvalue weighted by molar-refractivity contribution is 5.81. The van der Waals surface area contributed by atoms with Crippen LogP contribution in [0.4, 0.5) is 5.95 Å². The molecule has 1 atom stereocenters. The molecule has 1 amide bonds. The first-order chi connectivity index (χ1) is 10.8. The van der Waals surface area contributed by atoms with E-state index in [1.807, 2.05) is 11.0 Å². The summed E-state index contributed by atoms with van der Waals surface area (Å²) in [6.45, 7) is 4.45. The Labute approximate surface area is 130 Å². The van der Waals surface area contributed by atoms with Crippen LogP contribution in [-0.2, 0) is 9.53 Å². The zero-order valence-corrected chi connectivity index (χ0v) is 12.8. The van der Waals surface area contributed by atoms with Crippen molar-refractivity contribution in [3.8, 4) is 0 Å². The Hall–Kier alpha value is -1.69. The van der Waals surface area contributed by atoms with Gasteiger partial charge in [-0.1, -0.05) is 6.42 Å². The third-order valence-electron chi connectivity index (χ3n) is 5.45. The lowest BCUT2D eigenvalue weighted by Crippen LogP contribution is -2.50. The third kappa shape index (κ3) is 2.26. The first-order valence-electron chi connectivity index (χ1n) is 8.17. The third-order valence-corrected chi connectivity index (χ3v) is 5.45. The van der Waals surface area contributed by atoms with Crippen LogP contribution in [0.2, 0.25) is 0 Å². The Kier molecular flexibility index (Phi) is 3.48. The molecule has 0 bridgehead atoms. The molecule has 3 heterocycles. The summed E-state index contributed by atoms with van der Waals surface area (Å²) in [5.41, 5.74) is 0.147. The van der Waals surface area contributed by atoms with E-state index in [1.54, 1.807) is 12.4 Å². The standard InChI is InChI=1S/C16H22N4O2/c21-14(19-7-9-22-10-8-19)13-11-20(12-16(13)3-1-4-16)15-17-5-2-6-18-15/h2,5-6,13H,1,3-4,7-12H2.